The number of nitrogens with one attached hydrogen (secondary N) is 1. The molecule has 174 valence electrons. The summed E-state index contributed by atoms with van der Waals surface area (Å²) < 4.78 is 47.6. The molecule has 1 saturated carbocycles. The van der Waals surface area contributed by atoms with Crippen molar-refractivity contribution in [3.8, 4) is 0 Å². The molecule has 33 heavy (non-hydrogen) atoms. The summed E-state index contributed by atoms with van der Waals surface area (Å²) in [4.78, 5) is 6.51. The maximum absolute atomic E-state index is 14.5. The highest BCUT2D eigenvalue weighted by Gasteiger charge is 2.40. The maximum Gasteiger partial charge on any atom is 0.383 e. The van der Waals surface area contributed by atoms with Gasteiger partial charge >= 0.3 is 6.11 Å². The molecule has 2 aliphatic rings. The molecule has 2 aromatic heterocycles. The molecule has 2 atom stereocenters. The SMILES string of the molecule is Cc1nnc(N[C@H](C)c2cccc(C(F)(F)OC3CC3)c2)c2cc(N3CC[C@@H](F)C3)cnc12. The van der Waals surface area contributed by atoms with Crippen LogP contribution in [-0.4, -0.2) is 40.5 Å². The van der Waals surface area contributed by atoms with Crippen molar-refractivity contribution >= 4 is 22.4 Å². The second-order valence-corrected chi connectivity index (χ2v) is 8.88. The summed E-state index contributed by atoms with van der Waals surface area (Å²) in [6, 6.07) is 7.83. The summed E-state index contributed by atoms with van der Waals surface area (Å²) in [5, 5.41) is 12.6. The smallest absolute Gasteiger partial charge is 0.367 e. The van der Waals surface area contributed by atoms with E-state index in [2.05, 4.69) is 20.5 Å². The van der Waals surface area contributed by atoms with Gasteiger partial charge in [-0.1, -0.05) is 18.2 Å². The fourth-order valence-corrected chi connectivity index (χ4v) is 4.12. The molecular weight excluding hydrogens is 431 g/mol. The molecule has 0 amide bonds. The Labute approximate surface area is 190 Å². The highest BCUT2D eigenvalue weighted by molar-refractivity contribution is 5.92. The van der Waals surface area contributed by atoms with Crippen molar-refractivity contribution in [2.75, 3.05) is 23.3 Å². The lowest BCUT2D eigenvalue weighted by atomic mass is 10.0. The molecule has 3 heterocycles. The van der Waals surface area contributed by atoms with E-state index in [0.29, 0.717) is 54.9 Å². The van der Waals surface area contributed by atoms with Crippen LogP contribution in [0.15, 0.2) is 36.5 Å². The Morgan fingerprint density at radius 1 is 1.18 bits per heavy atom. The number of nitrogens with zero attached hydrogens (tertiary/aromatic N) is 4. The second-order valence-electron chi connectivity index (χ2n) is 8.88. The van der Waals surface area contributed by atoms with E-state index < -0.39 is 12.3 Å². The lowest BCUT2D eigenvalue weighted by Gasteiger charge is -2.21. The summed E-state index contributed by atoms with van der Waals surface area (Å²) in [5.41, 5.74) is 2.70. The number of hydrogen-bond donors (Lipinski definition) is 1. The Kier molecular flexibility index (Phi) is 5.60. The van der Waals surface area contributed by atoms with Gasteiger partial charge in [-0.3, -0.25) is 4.98 Å². The maximum atomic E-state index is 14.5. The van der Waals surface area contributed by atoms with Gasteiger partial charge in [-0.15, -0.1) is 5.10 Å². The van der Waals surface area contributed by atoms with Gasteiger partial charge in [0.25, 0.3) is 0 Å². The van der Waals surface area contributed by atoms with Crippen molar-refractivity contribution in [2.45, 2.75) is 57.5 Å². The van der Waals surface area contributed by atoms with E-state index in [4.69, 9.17) is 4.74 Å². The zero-order valence-corrected chi connectivity index (χ0v) is 18.6. The third-order valence-corrected chi connectivity index (χ3v) is 6.18. The average Bonchev–Trinajstić information content (AvgIpc) is 3.50. The summed E-state index contributed by atoms with van der Waals surface area (Å²) in [7, 11) is 0. The Balaban J connectivity index is 1.42. The number of hydrogen-bond acceptors (Lipinski definition) is 6. The van der Waals surface area contributed by atoms with E-state index in [-0.39, 0.29) is 17.7 Å². The molecule has 6 nitrogen and oxygen atoms in total. The van der Waals surface area contributed by atoms with Crippen molar-refractivity contribution in [1.82, 2.24) is 15.2 Å². The Bertz CT molecular complexity index is 1170. The molecule has 0 spiro atoms. The van der Waals surface area contributed by atoms with Crippen LogP contribution in [0.3, 0.4) is 0 Å². The van der Waals surface area contributed by atoms with Gasteiger partial charge in [0.2, 0.25) is 0 Å². The number of halogens is 3. The Morgan fingerprint density at radius 3 is 2.73 bits per heavy atom. The van der Waals surface area contributed by atoms with Gasteiger partial charge in [-0.05, 0) is 50.8 Å². The topological polar surface area (TPSA) is 63.2 Å². The van der Waals surface area contributed by atoms with Crippen molar-refractivity contribution < 1.29 is 17.9 Å². The molecule has 0 bridgehead atoms. The van der Waals surface area contributed by atoms with Gasteiger partial charge in [-0.25, -0.2) is 4.39 Å². The predicted octanol–water partition coefficient (Wildman–Crippen LogP) is 5.28. The zero-order valence-electron chi connectivity index (χ0n) is 18.6. The molecule has 1 aliphatic heterocycles. The number of pyridine rings is 1. The van der Waals surface area contributed by atoms with Crippen molar-refractivity contribution in [3.05, 3.63) is 53.3 Å². The molecule has 0 radical (unpaired) electrons. The van der Waals surface area contributed by atoms with E-state index in [1.165, 1.54) is 12.1 Å². The number of rotatable bonds is 7. The number of anilines is 2. The van der Waals surface area contributed by atoms with Gasteiger partial charge in [0.15, 0.2) is 5.82 Å². The van der Waals surface area contributed by atoms with Crippen molar-refractivity contribution in [1.29, 1.82) is 0 Å². The standard InChI is InChI=1S/C24H26F3N5O/c1-14(16-4-3-5-17(10-16)24(26,27)33-20-6-7-20)29-23-21-11-19(32-9-8-18(25)13-32)12-28-22(21)15(2)30-31-23/h3-5,10-12,14,18,20H,6-9,13H2,1-2H3,(H,29,31)/t14-,18-/m1/s1. The lowest BCUT2D eigenvalue weighted by molar-refractivity contribution is -0.255. The second kappa shape index (κ2) is 8.44. The van der Waals surface area contributed by atoms with E-state index in [1.807, 2.05) is 24.8 Å². The van der Waals surface area contributed by atoms with Crippen LogP contribution in [0, 0.1) is 6.92 Å². The predicted molar refractivity (Wildman–Crippen MR) is 120 cm³/mol. The molecule has 0 unspecified atom stereocenters. The first-order valence-electron chi connectivity index (χ1n) is 11.2. The number of benzene rings is 1. The minimum Gasteiger partial charge on any atom is -0.367 e. The van der Waals surface area contributed by atoms with Gasteiger partial charge in [0, 0.05) is 18.5 Å². The average molecular weight is 458 g/mol. The fourth-order valence-electron chi connectivity index (χ4n) is 4.12. The first-order valence-corrected chi connectivity index (χ1v) is 11.2. The van der Waals surface area contributed by atoms with Crippen molar-refractivity contribution in [3.63, 3.8) is 0 Å². The highest BCUT2D eigenvalue weighted by atomic mass is 19.3. The summed E-state index contributed by atoms with van der Waals surface area (Å²) in [6.07, 6.45) is -0.955. The number of ether oxygens (including phenoxy) is 1. The molecule has 1 aromatic carbocycles. The molecule has 1 saturated heterocycles. The van der Waals surface area contributed by atoms with Crippen LogP contribution < -0.4 is 10.2 Å². The molecule has 5 rings (SSSR count). The van der Waals surface area contributed by atoms with Crippen LogP contribution in [0.25, 0.3) is 10.9 Å². The highest BCUT2D eigenvalue weighted by Crippen LogP contribution is 2.38. The van der Waals surface area contributed by atoms with Gasteiger partial charge in [0.05, 0.1) is 40.8 Å². The monoisotopic (exact) mass is 457 g/mol. The number of aryl methyl sites for hydroxylation is 1. The van der Waals surface area contributed by atoms with Gasteiger partial charge < -0.3 is 15.0 Å². The Morgan fingerprint density at radius 2 is 2.00 bits per heavy atom. The molecular formula is C24H26F3N5O. The van der Waals surface area contributed by atoms with Crippen LogP contribution in [-0.2, 0) is 10.8 Å². The van der Waals surface area contributed by atoms with Crippen LogP contribution in [0.4, 0.5) is 24.7 Å². The number of aromatic nitrogens is 3. The third kappa shape index (κ3) is 4.59. The molecule has 1 aliphatic carbocycles. The third-order valence-electron chi connectivity index (χ3n) is 6.18. The van der Waals surface area contributed by atoms with Gasteiger partial charge in [-0.2, -0.15) is 13.9 Å². The van der Waals surface area contributed by atoms with E-state index in [9.17, 15) is 13.2 Å². The summed E-state index contributed by atoms with van der Waals surface area (Å²) in [6.45, 7) is 4.68. The number of fused-ring (bicyclic) bond motifs is 1. The van der Waals surface area contributed by atoms with Crippen LogP contribution in [0.1, 0.15) is 49.0 Å². The minimum absolute atomic E-state index is 0.167. The first-order chi connectivity index (χ1) is 15.8. The first kappa shape index (κ1) is 21.9. The van der Waals surface area contributed by atoms with Crippen LogP contribution in [0.5, 0.6) is 0 Å². The van der Waals surface area contributed by atoms with Gasteiger partial charge in [0.1, 0.15) is 6.17 Å². The van der Waals surface area contributed by atoms with Crippen LogP contribution in [0.2, 0.25) is 0 Å². The van der Waals surface area contributed by atoms with E-state index in [0.717, 1.165) is 11.1 Å². The summed E-state index contributed by atoms with van der Waals surface area (Å²) in [5.74, 6) is 0.500. The largest absolute Gasteiger partial charge is 0.383 e. The zero-order chi connectivity index (χ0) is 23.2. The molecule has 3 aromatic rings. The molecule has 9 heteroatoms. The van der Waals surface area contributed by atoms with Crippen molar-refractivity contribution in [2.24, 2.45) is 0 Å². The van der Waals surface area contributed by atoms with E-state index in [1.54, 1.807) is 18.3 Å². The van der Waals surface area contributed by atoms with Crippen LogP contribution >= 0.6 is 0 Å². The Hall–Kier alpha value is -2.94. The molecule has 1 N–H and O–H groups in total. The lowest BCUT2D eigenvalue weighted by Crippen LogP contribution is -2.20. The minimum atomic E-state index is -3.32. The fraction of sp³-hybridized carbons (Fsp3) is 0.458. The normalized spacial score (nSPS) is 19.8. The molecule has 2 fully saturated rings. The summed E-state index contributed by atoms with van der Waals surface area (Å²) >= 11 is 0. The quantitative estimate of drug-likeness (QED) is 0.521. The van der Waals surface area contributed by atoms with E-state index >= 15 is 0 Å². The number of alkyl halides is 3.